The summed E-state index contributed by atoms with van der Waals surface area (Å²) in [6.45, 7) is 1.07. The highest BCUT2D eigenvalue weighted by Crippen LogP contribution is 2.37. The molecule has 33 heavy (non-hydrogen) atoms. The zero-order valence-corrected chi connectivity index (χ0v) is 17.2. The van der Waals surface area contributed by atoms with Crippen molar-refractivity contribution < 1.29 is 27.4 Å². The van der Waals surface area contributed by atoms with Gasteiger partial charge in [-0.25, -0.2) is 0 Å². The number of carbonyl (C=O) groups excluding carboxylic acids is 1. The number of aromatic nitrogens is 2. The Kier molecular flexibility index (Phi) is 6.45. The van der Waals surface area contributed by atoms with Crippen molar-refractivity contribution in [2.45, 2.75) is 13.1 Å². The quantitative estimate of drug-likeness (QED) is 0.599. The first-order chi connectivity index (χ1) is 15.7. The Morgan fingerprint density at radius 3 is 2.36 bits per heavy atom. The van der Waals surface area contributed by atoms with Gasteiger partial charge in [-0.1, -0.05) is 6.07 Å². The Balaban J connectivity index is 2.09. The molecule has 0 spiro atoms. The molecule has 1 amide bonds. The first kappa shape index (κ1) is 23.0. The lowest BCUT2D eigenvalue weighted by atomic mass is 10.1. The SMILES string of the molecule is COc1cc(C#N)ccc1Oc1nnc(C(F)(F)F)c(C)c1C(=O)Nc1cccc(C#N)c1. The van der Waals surface area contributed by atoms with Crippen molar-refractivity contribution in [3.05, 3.63) is 70.4 Å². The van der Waals surface area contributed by atoms with Gasteiger partial charge in [-0.15, -0.1) is 10.2 Å². The second kappa shape index (κ2) is 9.24. The van der Waals surface area contributed by atoms with Gasteiger partial charge >= 0.3 is 6.18 Å². The molecule has 0 atom stereocenters. The van der Waals surface area contributed by atoms with Gasteiger partial charge in [0, 0.05) is 11.8 Å². The third-order valence-electron chi connectivity index (χ3n) is 4.43. The molecular weight excluding hydrogens is 439 g/mol. The van der Waals surface area contributed by atoms with Gasteiger partial charge in [0.2, 0.25) is 0 Å². The van der Waals surface area contributed by atoms with Crippen LogP contribution in [0.4, 0.5) is 18.9 Å². The van der Waals surface area contributed by atoms with Crippen LogP contribution in [0.5, 0.6) is 17.4 Å². The van der Waals surface area contributed by atoms with Crippen LogP contribution < -0.4 is 14.8 Å². The van der Waals surface area contributed by atoms with E-state index in [1.807, 2.05) is 12.1 Å². The number of methoxy groups -OCH3 is 1. The van der Waals surface area contributed by atoms with Gasteiger partial charge in [0.15, 0.2) is 17.2 Å². The molecule has 0 aliphatic rings. The van der Waals surface area contributed by atoms with Crippen LogP contribution in [0.2, 0.25) is 0 Å². The van der Waals surface area contributed by atoms with Gasteiger partial charge in [-0.2, -0.15) is 23.7 Å². The van der Waals surface area contributed by atoms with Gasteiger partial charge in [0.05, 0.1) is 30.4 Å². The molecule has 0 radical (unpaired) electrons. The lowest BCUT2D eigenvalue weighted by Crippen LogP contribution is -2.21. The number of nitriles is 2. The Morgan fingerprint density at radius 2 is 1.73 bits per heavy atom. The number of nitrogens with zero attached hydrogens (tertiary/aromatic N) is 4. The number of benzene rings is 2. The average Bonchev–Trinajstić information content (AvgIpc) is 2.78. The number of hydrogen-bond acceptors (Lipinski definition) is 7. The number of carbonyl (C=O) groups is 1. The largest absolute Gasteiger partial charge is 0.493 e. The summed E-state index contributed by atoms with van der Waals surface area (Å²) in [5, 5.41) is 27.2. The third kappa shape index (κ3) is 4.99. The fourth-order valence-corrected chi connectivity index (χ4v) is 2.89. The molecule has 0 saturated heterocycles. The van der Waals surface area contributed by atoms with Gasteiger partial charge < -0.3 is 14.8 Å². The van der Waals surface area contributed by atoms with Crippen molar-refractivity contribution in [3.63, 3.8) is 0 Å². The summed E-state index contributed by atoms with van der Waals surface area (Å²) < 4.78 is 51.0. The molecule has 2 aromatic carbocycles. The van der Waals surface area contributed by atoms with Gasteiger partial charge in [0.25, 0.3) is 11.8 Å². The molecule has 0 saturated carbocycles. The van der Waals surface area contributed by atoms with E-state index in [1.54, 1.807) is 0 Å². The Bertz CT molecular complexity index is 1310. The van der Waals surface area contributed by atoms with Crippen LogP contribution in [0.1, 0.15) is 32.7 Å². The third-order valence-corrected chi connectivity index (χ3v) is 4.43. The zero-order chi connectivity index (χ0) is 24.2. The lowest BCUT2D eigenvalue weighted by Gasteiger charge is -2.17. The van der Waals surface area contributed by atoms with E-state index in [-0.39, 0.29) is 28.3 Å². The molecule has 0 fully saturated rings. The van der Waals surface area contributed by atoms with Crippen LogP contribution in [-0.2, 0) is 6.18 Å². The highest BCUT2D eigenvalue weighted by atomic mass is 19.4. The van der Waals surface area contributed by atoms with E-state index in [0.717, 1.165) is 6.92 Å². The predicted molar refractivity (Wildman–Crippen MR) is 109 cm³/mol. The van der Waals surface area contributed by atoms with Crippen molar-refractivity contribution in [2.75, 3.05) is 12.4 Å². The first-order valence-electron chi connectivity index (χ1n) is 9.20. The summed E-state index contributed by atoms with van der Waals surface area (Å²) in [5.41, 5.74) is -1.68. The summed E-state index contributed by atoms with van der Waals surface area (Å²) in [6.07, 6.45) is -4.86. The van der Waals surface area contributed by atoms with E-state index in [0.29, 0.717) is 0 Å². The second-order valence-electron chi connectivity index (χ2n) is 6.58. The number of ether oxygens (including phenoxy) is 2. The fourth-order valence-electron chi connectivity index (χ4n) is 2.89. The van der Waals surface area contributed by atoms with Crippen LogP contribution in [0.3, 0.4) is 0 Å². The normalized spacial score (nSPS) is 10.6. The van der Waals surface area contributed by atoms with E-state index in [2.05, 4.69) is 15.5 Å². The van der Waals surface area contributed by atoms with Gasteiger partial charge in [-0.3, -0.25) is 4.79 Å². The number of hydrogen-bond donors (Lipinski definition) is 1. The molecule has 8 nitrogen and oxygen atoms in total. The van der Waals surface area contributed by atoms with Crippen molar-refractivity contribution in [1.29, 1.82) is 10.5 Å². The molecule has 0 unspecified atom stereocenters. The van der Waals surface area contributed by atoms with Crippen LogP contribution in [-0.4, -0.2) is 23.2 Å². The minimum Gasteiger partial charge on any atom is -0.493 e. The highest BCUT2D eigenvalue weighted by Gasteiger charge is 2.38. The van der Waals surface area contributed by atoms with E-state index in [4.69, 9.17) is 20.0 Å². The Morgan fingerprint density at radius 1 is 1.03 bits per heavy atom. The highest BCUT2D eigenvalue weighted by molar-refractivity contribution is 6.07. The van der Waals surface area contributed by atoms with Gasteiger partial charge in [0.1, 0.15) is 5.56 Å². The molecule has 0 bridgehead atoms. The molecule has 1 heterocycles. The van der Waals surface area contributed by atoms with Crippen molar-refractivity contribution in [2.24, 2.45) is 0 Å². The molecule has 11 heteroatoms. The maximum absolute atomic E-state index is 13.4. The minimum atomic E-state index is -4.86. The topological polar surface area (TPSA) is 121 Å². The maximum atomic E-state index is 13.4. The van der Waals surface area contributed by atoms with Crippen molar-refractivity contribution in [3.8, 4) is 29.5 Å². The second-order valence-corrected chi connectivity index (χ2v) is 6.58. The number of rotatable bonds is 5. The maximum Gasteiger partial charge on any atom is 0.435 e. The van der Waals surface area contributed by atoms with Crippen LogP contribution in [0.15, 0.2) is 42.5 Å². The first-order valence-corrected chi connectivity index (χ1v) is 9.20. The van der Waals surface area contributed by atoms with Crippen LogP contribution >= 0.6 is 0 Å². The van der Waals surface area contributed by atoms with Gasteiger partial charge in [-0.05, 0) is 42.8 Å². The number of anilines is 1. The van der Waals surface area contributed by atoms with E-state index in [9.17, 15) is 18.0 Å². The zero-order valence-electron chi connectivity index (χ0n) is 17.2. The Hall–Kier alpha value is -4.64. The predicted octanol–water partition coefficient (Wildman–Crippen LogP) is 4.60. The number of nitrogens with one attached hydrogen (secondary N) is 1. The standard InChI is InChI=1S/C22H14F3N5O3/c1-12-18(20(31)28-15-5-3-4-13(8-15)10-26)21(30-29-19(12)22(23,24)25)33-16-7-6-14(11-27)9-17(16)32-2/h3-9H,1-2H3,(H,28,31). The average molecular weight is 453 g/mol. The summed E-state index contributed by atoms with van der Waals surface area (Å²) >= 11 is 0. The molecule has 1 N–H and O–H groups in total. The van der Waals surface area contributed by atoms with Crippen molar-refractivity contribution >= 4 is 11.6 Å². The van der Waals surface area contributed by atoms with Crippen molar-refractivity contribution in [1.82, 2.24) is 10.2 Å². The summed E-state index contributed by atoms with van der Waals surface area (Å²) in [6, 6.07) is 13.8. The molecule has 166 valence electrons. The molecular formula is C22H14F3N5O3. The summed E-state index contributed by atoms with van der Waals surface area (Å²) in [5.74, 6) is -1.35. The summed E-state index contributed by atoms with van der Waals surface area (Å²) in [7, 11) is 1.31. The van der Waals surface area contributed by atoms with Crippen LogP contribution in [0.25, 0.3) is 0 Å². The molecule has 1 aromatic heterocycles. The minimum absolute atomic E-state index is 0.00508. The number of amides is 1. The molecule has 3 aromatic rings. The number of halogens is 3. The van der Waals surface area contributed by atoms with E-state index < -0.39 is 34.8 Å². The smallest absolute Gasteiger partial charge is 0.435 e. The Labute approximate surface area is 185 Å². The monoisotopic (exact) mass is 453 g/mol. The number of alkyl halides is 3. The lowest BCUT2D eigenvalue weighted by molar-refractivity contribution is -0.142. The molecule has 0 aliphatic carbocycles. The van der Waals surface area contributed by atoms with Crippen LogP contribution in [0, 0.1) is 29.6 Å². The molecule has 0 aliphatic heterocycles. The fraction of sp³-hybridized carbons (Fsp3) is 0.136. The summed E-state index contributed by atoms with van der Waals surface area (Å²) in [4.78, 5) is 13.0. The van der Waals surface area contributed by atoms with E-state index >= 15 is 0 Å². The van der Waals surface area contributed by atoms with E-state index in [1.165, 1.54) is 49.6 Å². The molecule has 3 rings (SSSR count).